The van der Waals surface area contributed by atoms with Crippen LogP contribution >= 0.6 is 0 Å². The van der Waals surface area contributed by atoms with Crippen LogP contribution < -0.4 is 5.90 Å². The van der Waals surface area contributed by atoms with Crippen LogP contribution in [0.4, 0.5) is 0 Å². The van der Waals surface area contributed by atoms with Gasteiger partial charge in [0.25, 0.3) is 0 Å². The zero-order chi connectivity index (χ0) is 10.3. The van der Waals surface area contributed by atoms with E-state index in [1.807, 2.05) is 0 Å². The van der Waals surface area contributed by atoms with E-state index in [1.54, 1.807) is 0 Å². The summed E-state index contributed by atoms with van der Waals surface area (Å²) >= 11 is 0. The summed E-state index contributed by atoms with van der Waals surface area (Å²) in [6.07, 6.45) is 0. The highest BCUT2D eigenvalue weighted by atomic mass is 16.6. The first kappa shape index (κ1) is 12.9. The van der Waals surface area contributed by atoms with Crippen LogP contribution in [0.15, 0.2) is 0 Å². The van der Waals surface area contributed by atoms with Crippen molar-refractivity contribution in [3.05, 3.63) is 0 Å². The molecular formula is C10H24N2O. The molecule has 0 aromatic rings. The van der Waals surface area contributed by atoms with E-state index in [4.69, 9.17) is 5.90 Å². The fourth-order valence-electron chi connectivity index (χ4n) is 1.47. The Morgan fingerprint density at radius 2 is 1.54 bits per heavy atom. The molecule has 0 bridgehead atoms. The van der Waals surface area contributed by atoms with Crippen molar-refractivity contribution in [3.8, 4) is 0 Å². The van der Waals surface area contributed by atoms with Crippen molar-refractivity contribution in [2.24, 2.45) is 17.7 Å². The van der Waals surface area contributed by atoms with Gasteiger partial charge >= 0.3 is 0 Å². The van der Waals surface area contributed by atoms with Gasteiger partial charge in [0.15, 0.2) is 0 Å². The largest absolute Gasteiger partial charge is 0.303 e. The number of hydrogen-bond acceptors (Lipinski definition) is 3. The molecule has 0 aromatic heterocycles. The summed E-state index contributed by atoms with van der Waals surface area (Å²) in [6.45, 7) is 12.7. The van der Waals surface area contributed by atoms with Gasteiger partial charge in [-0.25, -0.2) is 5.90 Å². The van der Waals surface area contributed by atoms with Crippen LogP contribution in [-0.4, -0.2) is 31.1 Å². The summed E-state index contributed by atoms with van der Waals surface area (Å²) in [5.74, 6) is 6.42. The Kier molecular flexibility index (Phi) is 7.23. The predicted molar refractivity (Wildman–Crippen MR) is 56.3 cm³/mol. The molecule has 13 heavy (non-hydrogen) atoms. The average molecular weight is 188 g/mol. The van der Waals surface area contributed by atoms with Gasteiger partial charge in [0.2, 0.25) is 0 Å². The van der Waals surface area contributed by atoms with Crippen LogP contribution in [0.2, 0.25) is 0 Å². The molecule has 3 heteroatoms. The molecule has 0 saturated heterocycles. The molecule has 0 atom stereocenters. The zero-order valence-corrected chi connectivity index (χ0v) is 9.42. The van der Waals surface area contributed by atoms with Crippen molar-refractivity contribution in [1.82, 2.24) is 4.90 Å². The van der Waals surface area contributed by atoms with Gasteiger partial charge in [-0.1, -0.05) is 27.7 Å². The molecule has 0 aliphatic carbocycles. The first-order valence-corrected chi connectivity index (χ1v) is 5.10. The van der Waals surface area contributed by atoms with E-state index in [1.165, 1.54) is 0 Å². The van der Waals surface area contributed by atoms with Crippen LogP contribution in [0, 0.1) is 11.8 Å². The third-order valence-corrected chi connectivity index (χ3v) is 1.77. The molecule has 0 heterocycles. The Bertz CT molecular complexity index is 105. The lowest BCUT2D eigenvalue weighted by Crippen LogP contribution is -2.34. The average Bonchev–Trinajstić information content (AvgIpc) is 1.98. The summed E-state index contributed by atoms with van der Waals surface area (Å²) < 4.78 is 0. The van der Waals surface area contributed by atoms with Crippen LogP contribution in [0.25, 0.3) is 0 Å². The van der Waals surface area contributed by atoms with Gasteiger partial charge in [0.1, 0.15) is 0 Å². The molecule has 0 aromatic carbocycles. The highest BCUT2D eigenvalue weighted by Crippen LogP contribution is 2.02. The molecule has 0 fully saturated rings. The van der Waals surface area contributed by atoms with Crippen molar-refractivity contribution >= 4 is 0 Å². The maximum Gasteiger partial charge on any atom is 0.0806 e. The number of nitrogens with zero attached hydrogens (tertiary/aromatic N) is 1. The minimum atomic E-state index is 0.624. The molecule has 2 N–H and O–H groups in total. The van der Waals surface area contributed by atoms with Crippen LogP contribution in [-0.2, 0) is 4.84 Å². The monoisotopic (exact) mass is 188 g/mol. The molecule has 0 rings (SSSR count). The van der Waals surface area contributed by atoms with E-state index in [2.05, 4.69) is 37.4 Å². The van der Waals surface area contributed by atoms with Crippen LogP contribution in [0.3, 0.4) is 0 Å². The van der Waals surface area contributed by atoms with Crippen molar-refractivity contribution in [3.63, 3.8) is 0 Å². The quantitative estimate of drug-likeness (QED) is 0.615. The molecule has 0 aliphatic heterocycles. The van der Waals surface area contributed by atoms with Gasteiger partial charge in [-0.3, -0.25) is 0 Å². The lowest BCUT2D eigenvalue weighted by atomic mass is 10.1. The van der Waals surface area contributed by atoms with E-state index < -0.39 is 0 Å². The second-order valence-corrected chi connectivity index (χ2v) is 4.42. The highest BCUT2D eigenvalue weighted by Gasteiger charge is 2.08. The maximum atomic E-state index is 5.01. The molecule has 0 saturated carbocycles. The van der Waals surface area contributed by atoms with Crippen LogP contribution in [0.1, 0.15) is 27.7 Å². The molecule has 3 nitrogen and oxygen atoms in total. The molecule has 0 unspecified atom stereocenters. The van der Waals surface area contributed by atoms with Crippen LogP contribution in [0.5, 0.6) is 0 Å². The Labute approximate surface area is 82.2 Å². The minimum Gasteiger partial charge on any atom is -0.303 e. The van der Waals surface area contributed by atoms with Gasteiger partial charge in [-0.15, -0.1) is 0 Å². The standard InChI is InChI=1S/C10H24N2O/c1-9(2)7-12(5-6-13-11)8-10(3)4/h9-10H,5-8,11H2,1-4H3. The second kappa shape index (κ2) is 7.30. The van der Waals surface area contributed by atoms with Gasteiger partial charge in [0, 0.05) is 19.6 Å². The number of rotatable bonds is 7. The molecule has 80 valence electrons. The Morgan fingerprint density at radius 3 is 1.85 bits per heavy atom. The van der Waals surface area contributed by atoms with Crippen molar-refractivity contribution < 1.29 is 4.84 Å². The Balaban J connectivity index is 3.73. The summed E-state index contributed by atoms with van der Waals surface area (Å²) in [6, 6.07) is 0. The Hall–Kier alpha value is -0.120. The molecule has 0 spiro atoms. The third-order valence-electron chi connectivity index (χ3n) is 1.77. The molecular weight excluding hydrogens is 164 g/mol. The van der Waals surface area contributed by atoms with Gasteiger partial charge in [-0.2, -0.15) is 0 Å². The smallest absolute Gasteiger partial charge is 0.0806 e. The fraction of sp³-hybridized carbons (Fsp3) is 1.00. The first-order valence-electron chi connectivity index (χ1n) is 5.10. The zero-order valence-electron chi connectivity index (χ0n) is 9.42. The minimum absolute atomic E-state index is 0.624. The van der Waals surface area contributed by atoms with E-state index in [0.29, 0.717) is 18.4 Å². The number of nitrogens with two attached hydrogens (primary N) is 1. The van der Waals surface area contributed by atoms with Gasteiger partial charge in [-0.05, 0) is 11.8 Å². The predicted octanol–water partition coefficient (Wildman–Crippen LogP) is 1.49. The second-order valence-electron chi connectivity index (χ2n) is 4.42. The van der Waals surface area contributed by atoms with Crippen molar-refractivity contribution in [2.45, 2.75) is 27.7 Å². The van der Waals surface area contributed by atoms with E-state index in [-0.39, 0.29) is 0 Å². The molecule has 0 aliphatic rings. The summed E-state index contributed by atoms with van der Waals surface area (Å²) in [5.41, 5.74) is 0. The lowest BCUT2D eigenvalue weighted by Gasteiger charge is -2.25. The molecule has 0 amide bonds. The van der Waals surface area contributed by atoms with E-state index in [9.17, 15) is 0 Å². The summed E-state index contributed by atoms with van der Waals surface area (Å²) in [7, 11) is 0. The normalized spacial score (nSPS) is 12.0. The first-order chi connectivity index (χ1) is 6.06. The summed E-state index contributed by atoms with van der Waals surface area (Å²) in [4.78, 5) is 7.00. The van der Waals surface area contributed by atoms with Crippen molar-refractivity contribution in [2.75, 3.05) is 26.2 Å². The van der Waals surface area contributed by atoms with Gasteiger partial charge in [0.05, 0.1) is 6.61 Å². The van der Waals surface area contributed by atoms with E-state index >= 15 is 0 Å². The third kappa shape index (κ3) is 8.22. The Morgan fingerprint density at radius 1 is 1.08 bits per heavy atom. The summed E-state index contributed by atoms with van der Waals surface area (Å²) in [5, 5.41) is 0. The van der Waals surface area contributed by atoms with E-state index in [0.717, 1.165) is 19.6 Å². The maximum absolute atomic E-state index is 5.01. The van der Waals surface area contributed by atoms with Gasteiger partial charge < -0.3 is 9.74 Å². The van der Waals surface area contributed by atoms with Crippen molar-refractivity contribution in [1.29, 1.82) is 0 Å². The molecule has 0 radical (unpaired) electrons. The topological polar surface area (TPSA) is 38.5 Å². The number of hydrogen-bond donors (Lipinski definition) is 1. The fourth-order valence-corrected chi connectivity index (χ4v) is 1.47. The lowest BCUT2D eigenvalue weighted by molar-refractivity contribution is 0.0960. The highest BCUT2D eigenvalue weighted by molar-refractivity contribution is 4.61. The SMILES string of the molecule is CC(C)CN(CCON)CC(C)C.